The van der Waals surface area contributed by atoms with Crippen molar-refractivity contribution >= 4 is 22.7 Å². The van der Waals surface area contributed by atoms with Crippen LogP contribution in [0.15, 0.2) is 84.9 Å². The molecule has 0 aliphatic rings. The highest BCUT2D eigenvalue weighted by Gasteiger charge is 2.14. The number of allylic oxidation sites excluding steroid dienone is 1. The van der Waals surface area contributed by atoms with Gasteiger partial charge in [-0.1, -0.05) is 78.7 Å². The smallest absolute Gasteiger partial charge is 0.119 e. The lowest BCUT2D eigenvalue weighted by molar-refractivity contribution is 0.306. The maximum absolute atomic E-state index is 6.22. The van der Waals surface area contributed by atoms with Crippen LogP contribution in [0.2, 0.25) is 0 Å². The Bertz CT molecular complexity index is 1030. The summed E-state index contributed by atoms with van der Waals surface area (Å²) in [6.07, 6.45) is 1.48. The monoisotopic (exact) mass is 429 g/mol. The van der Waals surface area contributed by atoms with E-state index in [0.29, 0.717) is 18.9 Å². The molecule has 31 heavy (non-hydrogen) atoms. The first-order valence-electron chi connectivity index (χ1n) is 10.5. The van der Waals surface area contributed by atoms with Gasteiger partial charge in [-0.2, -0.15) is 0 Å². The van der Waals surface area contributed by atoms with E-state index in [1.165, 1.54) is 22.3 Å². The van der Waals surface area contributed by atoms with Gasteiger partial charge in [-0.25, -0.2) is 0 Å². The molecule has 0 saturated heterocycles. The fraction of sp³-hybridized carbons (Fsp3) is 0.214. The Kier molecular flexibility index (Phi) is 8.79. The molecule has 1 atom stereocenters. The van der Waals surface area contributed by atoms with Crippen molar-refractivity contribution in [2.45, 2.75) is 25.8 Å². The van der Waals surface area contributed by atoms with Crippen LogP contribution in [-0.2, 0) is 0 Å². The van der Waals surface area contributed by atoms with Gasteiger partial charge in [0.2, 0.25) is 0 Å². The van der Waals surface area contributed by atoms with Crippen LogP contribution in [0, 0.1) is 11.8 Å². The number of hydrogen-bond donors (Lipinski definition) is 1. The number of hydrogen-bond acceptors (Lipinski definition) is 2. The summed E-state index contributed by atoms with van der Waals surface area (Å²) in [6.45, 7) is 2.34. The summed E-state index contributed by atoms with van der Waals surface area (Å²) in [4.78, 5) is 0. The highest BCUT2D eigenvalue weighted by atomic mass is 35.5. The summed E-state index contributed by atoms with van der Waals surface area (Å²) in [5, 5.41) is 0. The molecule has 3 aromatic rings. The molecular formula is C28H28ClNO. The van der Waals surface area contributed by atoms with Gasteiger partial charge >= 0.3 is 0 Å². The zero-order valence-electron chi connectivity index (χ0n) is 17.9. The van der Waals surface area contributed by atoms with Crippen molar-refractivity contribution in [3.8, 4) is 17.6 Å². The Morgan fingerprint density at radius 2 is 1.45 bits per heavy atom. The molecule has 1 unspecified atom stereocenters. The molecule has 0 heterocycles. The molecular weight excluding hydrogens is 402 g/mol. The second kappa shape index (κ2) is 12.0. The van der Waals surface area contributed by atoms with E-state index in [4.69, 9.17) is 22.1 Å². The minimum Gasteiger partial charge on any atom is -0.494 e. The van der Waals surface area contributed by atoms with E-state index < -0.39 is 0 Å². The molecule has 0 aliphatic carbocycles. The molecule has 0 saturated carbocycles. The molecule has 3 rings (SSSR count). The molecule has 3 aromatic carbocycles. The molecule has 0 aliphatic heterocycles. The zero-order chi connectivity index (χ0) is 21.9. The van der Waals surface area contributed by atoms with Crippen LogP contribution in [0.1, 0.15) is 36.5 Å². The predicted molar refractivity (Wildman–Crippen MR) is 132 cm³/mol. The van der Waals surface area contributed by atoms with Gasteiger partial charge in [-0.15, -0.1) is 17.5 Å². The second-order valence-corrected chi connectivity index (χ2v) is 7.56. The summed E-state index contributed by atoms with van der Waals surface area (Å²) < 4.78 is 5.87. The van der Waals surface area contributed by atoms with Crippen LogP contribution in [0.4, 0.5) is 0 Å². The van der Waals surface area contributed by atoms with E-state index in [9.17, 15) is 0 Å². The van der Waals surface area contributed by atoms with E-state index in [1.807, 2.05) is 24.3 Å². The second-order valence-electron chi connectivity index (χ2n) is 7.19. The van der Waals surface area contributed by atoms with Crippen molar-refractivity contribution in [2.75, 3.05) is 12.5 Å². The van der Waals surface area contributed by atoms with Crippen molar-refractivity contribution in [3.63, 3.8) is 0 Å². The van der Waals surface area contributed by atoms with Gasteiger partial charge < -0.3 is 10.5 Å². The van der Waals surface area contributed by atoms with E-state index in [1.54, 1.807) is 6.92 Å². The fourth-order valence-corrected chi connectivity index (χ4v) is 3.74. The van der Waals surface area contributed by atoms with Gasteiger partial charge in [-0.05, 0) is 53.3 Å². The third kappa shape index (κ3) is 6.49. The van der Waals surface area contributed by atoms with Crippen LogP contribution in [-0.4, -0.2) is 18.5 Å². The molecule has 0 amide bonds. The number of rotatable bonds is 9. The molecule has 3 heteroatoms. The molecule has 0 fully saturated rings. The molecule has 2 N–H and O–H groups in total. The largest absolute Gasteiger partial charge is 0.494 e. The lowest BCUT2D eigenvalue weighted by atomic mass is 9.88. The van der Waals surface area contributed by atoms with E-state index in [-0.39, 0.29) is 6.04 Å². The van der Waals surface area contributed by atoms with Crippen LogP contribution >= 0.6 is 11.6 Å². The number of halogens is 1. The van der Waals surface area contributed by atoms with Gasteiger partial charge in [0.1, 0.15) is 5.75 Å². The third-order valence-corrected chi connectivity index (χ3v) is 5.19. The first-order valence-corrected chi connectivity index (χ1v) is 11.1. The van der Waals surface area contributed by atoms with Crippen molar-refractivity contribution in [1.29, 1.82) is 0 Å². The van der Waals surface area contributed by atoms with Crippen LogP contribution in [0.5, 0.6) is 5.75 Å². The normalized spacial score (nSPS) is 12.4. The quantitative estimate of drug-likeness (QED) is 0.243. The molecule has 0 aromatic heterocycles. The third-order valence-electron chi connectivity index (χ3n) is 5.00. The van der Waals surface area contributed by atoms with Crippen molar-refractivity contribution in [3.05, 3.63) is 102 Å². The maximum Gasteiger partial charge on any atom is 0.119 e. The van der Waals surface area contributed by atoms with Crippen molar-refractivity contribution in [1.82, 2.24) is 0 Å². The standard InChI is InChI=1S/C28H28ClNO/c1-2-9-25(30)19-21-31-26-16-14-24(15-17-26)28(23-12-7-4-8-13-23)27(18-20-29)22-10-5-3-6-11-22/h3-8,10-17,25H,18-21,30H2,1H3/b28-27-. The SMILES string of the molecule is CC#CC(N)CCOc1ccc(/C(=C(/CCCl)c2ccccc2)c2ccccc2)cc1. The number of alkyl halides is 1. The topological polar surface area (TPSA) is 35.2 Å². The lowest BCUT2D eigenvalue weighted by Crippen LogP contribution is -2.20. The molecule has 2 nitrogen and oxygen atoms in total. The lowest BCUT2D eigenvalue weighted by Gasteiger charge is -2.17. The first kappa shape index (κ1) is 22.7. The summed E-state index contributed by atoms with van der Waals surface area (Å²) >= 11 is 6.22. The van der Waals surface area contributed by atoms with E-state index >= 15 is 0 Å². The van der Waals surface area contributed by atoms with Gasteiger partial charge in [0.05, 0.1) is 12.6 Å². The molecule has 0 radical (unpaired) electrons. The highest BCUT2D eigenvalue weighted by molar-refractivity contribution is 6.18. The Labute approximate surface area is 190 Å². The van der Waals surface area contributed by atoms with Crippen LogP contribution < -0.4 is 10.5 Å². The Morgan fingerprint density at radius 3 is 2.03 bits per heavy atom. The maximum atomic E-state index is 6.22. The molecule has 0 bridgehead atoms. The van der Waals surface area contributed by atoms with Gasteiger partial charge in [0.15, 0.2) is 0 Å². The van der Waals surface area contributed by atoms with E-state index in [0.717, 1.165) is 17.7 Å². The minimum atomic E-state index is -0.152. The number of benzene rings is 3. The Balaban J connectivity index is 1.94. The fourth-order valence-electron chi connectivity index (χ4n) is 3.55. The number of ether oxygens (including phenoxy) is 1. The van der Waals surface area contributed by atoms with E-state index in [2.05, 4.69) is 72.5 Å². The number of nitrogens with two attached hydrogens (primary N) is 1. The average molecular weight is 430 g/mol. The summed E-state index contributed by atoms with van der Waals surface area (Å²) in [5.41, 5.74) is 11.8. The first-order chi connectivity index (χ1) is 15.2. The van der Waals surface area contributed by atoms with Gasteiger partial charge in [0, 0.05) is 12.3 Å². The van der Waals surface area contributed by atoms with Crippen LogP contribution in [0.25, 0.3) is 11.1 Å². The van der Waals surface area contributed by atoms with Crippen molar-refractivity contribution < 1.29 is 4.74 Å². The summed E-state index contributed by atoms with van der Waals surface area (Å²) in [7, 11) is 0. The van der Waals surface area contributed by atoms with Crippen molar-refractivity contribution in [2.24, 2.45) is 5.73 Å². The Morgan fingerprint density at radius 1 is 0.871 bits per heavy atom. The Hall–Kier alpha value is -2.99. The zero-order valence-corrected chi connectivity index (χ0v) is 18.6. The summed E-state index contributed by atoms with van der Waals surface area (Å²) in [5.74, 6) is 7.17. The molecule has 158 valence electrons. The summed E-state index contributed by atoms with van der Waals surface area (Å²) in [6, 6.07) is 29.0. The average Bonchev–Trinajstić information content (AvgIpc) is 2.81. The van der Waals surface area contributed by atoms with Gasteiger partial charge in [-0.3, -0.25) is 0 Å². The van der Waals surface area contributed by atoms with Gasteiger partial charge in [0.25, 0.3) is 0 Å². The van der Waals surface area contributed by atoms with Crippen LogP contribution in [0.3, 0.4) is 0 Å². The minimum absolute atomic E-state index is 0.152. The highest BCUT2D eigenvalue weighted by Crippen LogP contribution is 2.35. The predicted octanol–water partition coefficient (Wildman–Crippen LogP) is 6.39. The molecule has 0 spiro atoms.